The Labute approximate surface area is 251 Å². The van der Waals surface area contributed by atoms with Crippen LogP contribution >= 0.6 is 0 Å². The van der Waals surface area contributed by atoms with Crippen molar-refractivity contribution in [2.24, 2.45) is 0 Å². The quantitative estimate of drug-likeness (QED) is 0.267. The molecule has 0 spiro atoms. The fourth-order valence-electron chi connectivity index (χ4n) is 3.86. The summed E-state index contributed by atoms with van der Waals surface area (Å²) in [4.78, 5) is 39.2. The predicted octanol–water partition coefficient (Wildman–Crippen LogP) is 5.16. The number of alkyl halides is 6. The number of hydrogen-bond donors (Lipinski definition) is 4. The lowest BCUT2D eigenvalue weighted by Crippen LogP contribution is -2.34. The summed E-state index contributed by atoms with van der Waals surface area (Å²) in [6.07, 6.45) is -7.48. The zero-order valence-electron chi connectivity index (χ0n) is 23.3. The lowest BCUT2D eigenvalue weighted by Gasteiger charge is -2.25. The van der Waals surface area contributed by atoms with E-state index in [0.29, 0.717) is 17.3 Å². The molecule has 1 atom stereocenters. The second-order valence-electron chi connectivity index (χ2n) is 9.44. The zero-order valence-corrected chi connectivity index (χ0v) is 23.3. The molecule has 0 aliphatic carbocycles. The number of aromatic nitrogens is 1. The van der Waals surface area contributed by atoms with Gasteiger partial charge in [0.2, 0.25) is 0 Å². The second-order valence-corrected chi connectivity index (χ2v) is 9.44. The minimum atomic E-state index is -5.08. The van der Waals surface area contributed by atoms with Gasteiger partial charge in [0.25, 0.3) is 5.91 Å². The summed E-state index contributed by atoms with van der Waals surface area (Å²) in [6.45, 7) is 2.46. The van der Waals surface area contributed by atoms with Crippen LogP contribution in [0.5, 0.6) is 5.75 Å². The van der Waals surface area contributed by atoms with Gasteiger partial charge in [-0.2, -0.15) is 26.3 Å². The molecule has 3 aromatic rings. The summed E-state index contributed by atoms with van der Waals surface area (Å²) in [5.41, 5.74) is 2.12. The number of carboxylic acids is 2. The third kappa shape index (κ3) is 12.3. The van der Waals surface area contributed by atoms with Crippen LogP contribution in [0.4, 0.5) is 42.2 Å². The number of carboxylic acid groups (broad SMARTS) is 2. The Kier molecular flexibility index (Phi) is 12.6. The number of nitrogens with one attached hydrogen (secondary N) is 1. The van der Waals surface area contributed by atoms with Gasteiger partial charge in [-0.15, -0.1) is 0 Å². The molecule has 45 heavy (non-hydrogen) atoms. The Morgan fingerprint density at radius 1 is 0.956 bits per heavy atom. The summed E-state index contributed by atoms with van der Waals surface area (Å²) in [5, 5.41) is 26.8. The van der Waals surface area contributed by atoms with Crippen molar-refractivity contribution in [1.29, 1.82) is 0 Å². The van der Waals surface area contributed by atoms with Gasteiger partial charge in [-0.05, 0) is 61.5 Å². The number of benzene rings is 2. The second kappa shape index (κ2) is 15.7. The monoisotopic (exact) mass is 648 g/mol. The first-order valence-corrected chi connectivity index (χ1v) is 12.7. The maximum Gasteiger partial charge on any atom is 0.490 e. The summed E-state index contributed by atoms with van der Waals surface area (Å²) in [7, 11) is 2.09. The molecule has 0 saturated carbocycles. The van der Waals surface area contributed by atoms with E-state index >= 15 is 0 Å². The molecule has 1 aromatic heterocycles. The van der Waals surface area contributed by atoms with Gasteiger partial charge in [-0.3, -0.25) is 9.69 Å². The van der Waals surface area contributed by atoms with Crippen LogP contribution < -0.4 is 10.2 Å². The van der Waals surface area contributed by atoms with Gasteiger partial charge in [0, 0.05) is 49.2 Å². The Morgan fingerprint density at radius 2 is 1.53 bits per heavy atom. The van der Waals surface area contributed by atoms with Crippen molar-refractivity contribution in [2.45, 2.75) is 31.4 Å². The average molecular weight is 649 g/mol. The Morgan fingerprint density at radius 3 is 2.07 bits per heavy atom. The van der Waals surface area contributed by atoms with Crippen molar-refractivity contribution in [1.82, 2.24) is 9.88 Å². The summed E-state index contributed by atoms with van der Waals surface area (Å²) in [5.74, 6) is -5.09. The van der Waals surface area contributed by atoms with Gasteiger partial charge in [-0.1, -0.05) is 12.1 Å². The van der Waals surface area contributed by atoms with Crippen LogP contribution in [0.2, 0.25) is 0 Å². The van der Waals surface area contributed by atoms with Crippen molar-refractivity contribution in [3.05, 3.63) is 83.8 Å². The lowest BCUT2D eigenvalue weighted by molar-refractivity contribution is -0.193. The topological polar surface area (TPSA) is 143 Å². The maximum atomic E-state index is 13.1. The van der Waals surface area contributed by atoms with Gasteiger partial charge in [-0.25, -0.2) is 19.0 Å². The molecule has 1 saturated heterocycles. The first-order chi connectivity index (χ1) is 20.9. The van der Waals surface area contributed by atoms with Gasteiger partial charge in [0.15, 0.2) is 0 Å². The standard InChI is InChI=1S/C24H25FN4O2.2C2HF3O2/c1-28(15-17-3-2-4-22(30)13-17)21-10-12-29(16-21)23-14-20(9-11-26-23)27-24(31)18-5-7-19(25)8-6-18;2*3-2(4,5)1(6)7/h2-9,11,13-14,21,30H,10,12,15-16H2,1H3,(H,26,27,31);2*(H,6,7). The van der Waals surface area contributed by atoms with Gasteiger partial charge < -0.3 is 25.5 Å². The smallest absolute Gasteiger partial charge is 0.490 e. The molecule has 2 aromatic carbocycles. The zero-order chi connectivity index (χ0) is 33.9. The van der Waals surface area contributed by atoms with E-state index in [4.69, 9.17) is 19.8 Å². The molecular formula is C28H27F7N4O6. The minimum Gasteiger partial charge on any atom is -0.508 e. The van der Waals surface area contributed by atoms with E-state index in [9.17, 15) is 40.6 Å². The molecule has 4 rings (SSSR count). The summed E-state index contributed by atoms with van der Waals surface area (Å²) < 4.78 is 76.5. The highest BCUT2D eigenvalue weighted by Gasteiger charge is 2.39. The molecule has 0 bridgehead atoms. The highest BCUT2D eigenvalue weighted by atomic mass is 19.4. The van der Waals surface area contributed by atoms with Gasteiger partial charge >= 0.3 is 24.3 Å². The molecular weight excluding hydrogens is 621 g/mol. The van der Waals surface area contributed by atoms with E-state index in [-0.39, 0.29) is 17.5 Å². The first-order valence-electron chi connectivity index (χ1n) is 12.7. The third-order valence-corrected chi connectivity index (χ3v) is 6.05. The molecule has 2 heterocycles. The van der Waals surface area contributed by atoms with Crippen molar-refractivity contribution in [3.63, 3.8) is 0 Å². The Hall–Kier alpha value is -4.93. The van der Waals surface area contributed by atoms with E-state index < -0.39 is 24.3 Å². The number of aliphatic carboxylic acids is 2. The molecule has 1 amide bonds. The molecule has 1 aliphatic rings. The molecule has 1 fully saturated rings. The van der Waals surface area contributed by atoms with Crippen LogP contribution in [0.1, 0.15) is 22.3 Å². The minimum absolute atomic E-state index is 0.280. The molecule has 4 N–H and O–H groups in total. The predicted molar refractivity (Wildman–Crippen MR) is 146 cm³/mol. The summed E-state index contributed by atoms with van der Waals surface area (Å²) in [6, 6.07) is 16.8. The lowest BCUT2D eigenvalue weighted by atomic mass is 10.1. The van der Waals surface area contributed by atoms with Crippen molar-refractivity contribution >= 4 is 29.4 Å². The number of rotatable bonds is 6. The number of anilines is 2. The average Bonchev–Trinajstić information content (AvgIpc) is 3.44. The highest BCUT2D eigenvalue weighted by molar-refractivity contribution is 6.04. The van der Waals surface area contributed by atoms with Crippen LogP contribution in [0.3, 0.4) is 0 Å². The molecule has 0 radical (unpaired) electrons. The van der Waals surface area contributed by atoms with Crippen LogP contribution in [0.15, 0.2) is 66.9 Å². The van der Waals surface area contributed by atoms with Gasteiger partial charge in [0.05, 0.1) is 0 Å². The number of nitrogens with zero attached hydrogens (tertiary/aromatic N) is 3. The van der Waals surface area contributed by atoms with Gasteiger partial charge in [0.1, 0.15) is 17.4 Å². The number of likely N-dealkylation sites (N-methyl/N-ethyl adjacent to an activating group) is 1. The first kappa shape index (κ1) is 36.3. The number of carbonyl (C=O) groups is 3. The third-order valence-electron chi connectivity index (χ3n) is 6.05. The van der Waals surface area contributed by atoms with E-state index in [0.717, 1.165) is 37.4 Å². The normalized spacial score (nSPS) is 14.5. The van der Waals surface area contributed by atoms with Crippen molar-refractivity contribution in [3.8, 4) is 5.75 Å². The summed E-state index contributed by atoms with van der Waals surface area (Å²) >= 11 is 0. The number of hydrogen-bond acceptors (Lipinski definition) is 7. The largest absolute Gasteiger partial charge is 0.508 e. The molecule has 1 unspecified atom stereocenters. The molecule has 244 valence electrons. The number of halogens is 7. The number of aromatic hydroxyl groups is 1. The van der Waals surface area contributed by atoms with E-state index in [2.05, 4.69) is 27.1 Å². The number of amides is 1. The van der Waals surface area contributed by atoms with E-state index in [1.807, 2.05) is 18.2 Å². The molecule has 17 heteroatoms. The Balaban J connectivity index is 0.000000421. The van der Waals surface area contributed by atoms with E-state index in [1.165, 1.54) is 24.3 Å². The Bertz CT molecular complexity index is 1430. The van der Waals surface area contributed by atoms with Crippen LogP contribution in [0, 0.1) is 5.82 Å². The fraction of sp³-hybridized carbons (Fsp3) is 0.286. The van der Waals surface area contributed by atoms with Crippen molar-refractivity contribution in [2.75, 3.05) is 30.4 Å². The maximum absolute atomic E-state index is 13.1. The fourth-order valence-corrected chi connectivity index (χ4v) is 3.86. The molecule has 10 nitrogen and oxygen atoms in total. The van der Waals surface area contributed by atoms with Crippen molar-refractivity contribution < 1.29 is 60.4 Å². The van der Waals surface area contributed by atoms with Crippen LogP contribution in [0.25, 0.3) is 0 Å². The number of carbonyl (C=O) groups excluding carboxylic acids is 1. The number of phenolic OH excluding ortho intramolecular Hbond substituents is 1. The highest BCUT2D eigenvalue weighted by Crippen LogP contribution is 2.25. The van der Waals surface area contributed by atoms with Crippen LogP contribution in [-0.2, 0) is 16.1 Å². The van der Waals surface area contributed by atoms with Crippen LogP contribution in [-0.4, -0.2) is 81.6 Å². The van der Waals surface area contributed by atoms with E-state index in [1.54, 1.807) is 24.4 Å². The SMILES string of the molecule is CN(Cc1cccc(O)c1)C1CCN(c2cc(NC(=O)c3ccc(F)cc3)ccn2)C1.O=C(O)C(F)(F)F.O=C(O)C(F)(F)F. The number of pyridine rings is 1. The number of phenols is 1. The molecule has 1 aliphatic heterocycles.